The molecule has 0 N–H and O–H groups in total. The lowest BCUT2D eigenvalue weighted by atomic mass is 9.93. The van der Waals surface area contributed by atoms with Crippen LogP contribution in [0.1, 0.15) is 34.8 Å². The molecule has 0 spiro atoms. The number of ether oxygens (including phenoxy) is 1. The average molecular weight is 366 g/mol. The molecule has 0 bridgehead atoms. The first-order valence-corrected chi connectivity index (χ1v) is 9.50. The Morgan fingerprint density at radius 1 is 1.24 bits per heavy atom. The normalized spacial score (nSPS) is 16.9. The summed E-state index contributed by atoms with van der Waals surface area (Å²) in [7, 11) is 1.15. The minimum atomic E-state index is -3.62. The minimum Gasteiger partial charge on any atom is -0.464 e. The summed E-state index contributed by atoms with van der Waals surface area (Å²) in [5, 5.41) is 4.18. The number of aromatic nitrogens is 3. The molecule has 0 amide bonds. The third kappa shape index (κ3) is 3.34. The number of hydrogen-bond acceptors (Lipinski definition) is 5. The highest BCUT2D eigenvalue weighted by atomic mass is 32.2. The van der Waals surface area contributed by atoms with Gasteiger partial charge in [0.2, 0.25) is 10.0 Å². The van der Waals surface area contributed by atoms with E-state index in [-0.39, 0.29) is 10.6 Å². The summed E-state index contributed by atoms with van der Waals surface area (Å²) in [5.41, 5.74) is 1.36. The molecule has 0 unspecified atom stereocenters. The fourth-order valence-electron chi connectivity index (χ4n) is 3.21. The fraction of sp³-hybridized carbons (Fsp3) is 0.500. The van der Waals surface area contributed by atoms with Crippen molar-refractivity contribution in [2.45, 2.75) is 23.7 Å². The molecular weight excluding hydrogens is 344 g/mol. The lowest BCUT2D eigenvalue weighted by molar-refractivity contribution is 0.0590. The molecule has 3 heterocycles. The van der Waals surface area contributed by atoms with Crippen LogP contribution in [0, 0.1) is 0 Å². The van der Waals surface area contributed by atoms with E-state index in [4.69, 9.17) is 0 Å². The number of carbonyl (C=O) groups is 1. The number of piperidine rings is 1. The zero-order chi connectivity index (χ0) is 18.2. The van der Waals surface area contributed by atoms with E-state index in [1.165, 1.54) is 28.2 Å². The van der Waals surface area contributed by atoms with E-state index in [2.05, 4.69) is 9.84 Å². The van der Waals surface area contributed by atoms with Crippen LogP contribution in [0.4, 0.5) is 0 Å². The van der Waals surface area contributed by atoms with Crippen molar-refractivity contribution in [3.63, 3.8) is 0 Å². The van der Waals surface area contributed by atoms with Crippen molar-refractivity contribution in [1.82, 2.24) is 18.7 Å². The second-order valence-corrected chi connectivity index (χ2v) is 8.23. The van der Waals surface area contributed by atoms with E-state index >= 15 is 0 Å². The number of methoxy groups -OCH3 is 1. The smallest absolute Gasteiger partial charge is 0.354 e. The zero-order valence-electron chi connectivity index (χ0n) is 14.5. The van der Waals surface area contributed by atoms with Crippen LogP contribution in [-0.4, -0.2) is 53.2 Å². The topological polar surface area (TPSA) is 86.4 Å². The predicted molar refractivity (Wildman–Crippen MR) is 90.7 cm³/mol. The summed E-state index contributed by atoms with van der Waals surface area (Å²) < 4.78 is 35.1. The maximum absolute atomic E-state index is 12.9. The number of carbonyl (C=O) groups excluding carboxylic acids is 1. The maximum atomic E-state index is 12.9. The first-order valence-electron chi connectivity index (χ1n) is 8.06. The Morgan fingerprint density at radius 2 is 1.92 bits per heavy atom. The van der Waals surface area contributed by atoms with Crippen LogP contribution in [0.5, 0.6) is 0 Å². The summed E-state index contributed by atoms with van der Waals surface area (Å²) in [5.74, 6) is -0.235. The number of nitrogens with zero attached hydrogens (tertiary/aromatic N) is 4. The van der Waals surface area contributed by atoms with Crippen molar-refractivity contribution in [3.8, 4) is 0 Å². The Hall–Kier alpha value is -2.13. The molecule has 25 heavy (non-hydrogen) atoms. The molecule has 8 nitrogen and oxygen atoms in total. The molecule has 9 heteroatoms. The summed E-state index contributed by atoms with van der Waals surface area (Å²) in [6.07, 6.45) is 6.78. The van der Waals surface area contributed by atoms with Crippen molar-refractivity contribution < 1.29 is 17.9 Å². The van der Waals surface area contributed by atoms with Gasteiger partial charge in [0.1, 0.15) is 10.6 Å². The zero-order valence-corrected chi connectivity index (χ0v) is 15.4. The van der Waals surface area contributed by atoms with Crippen LogP contribution < -0.4 is 0 Å². The Labute approximate surface area is 147 Å². The number of hydrogen-bond donors (Lipinski definition) is 0. The molecule has 1 aliphatic rings. The van der Waals surface area contributed by atoms with E-state index in [1.54, 1.807) is 11.7 Å². The van der Waals surface area contributed by atoms with E-state index < -0.39 is 16.0 Å². The first kappa shape index (κ1) is 17.7. The molecule has 2 aromatic heterocycles. The van der Waals surface area contributed by atoms with E-state index in [1.807, 2.05) is 19.4 Å². The predicted octanol–water partition coefficient (Wildman–Crippen LogP) is 1.11. The lowest BCUT2D eigenvalue weighted by Gasteiger charge is -2.30. The summed E-state index contributed by atoms with van der Waals surface area (Å²) in [4.78, 5) is 11.8. The van der Waals surface area contributed by atoms with Crippen molar-refractivity contribution >= 4 is 16.0 Å². The molecule has 2 aromatic rings. The maximum Gasteiger partial charge on any atom is 0.354 e. The minimum absolute atomic E-state index is 0.121. The Balaban J connectivity index is 1.75. The van der Waals surface area contributed by atoms with Gasteiger partial charge in [0.05, 0.1) is 13.3 Å². The Bertz CT molecular complexity index is 876. The Kier molecular flexibility index (Phi) is 4.70. The van der Waals surface area contributed by atoms with Gasteiger partial charge in [-0.25, -0.2) is 13.2 Å². The second-order valence-electron chi connectivity index (χ2n) is 6.29. The number of aryl methyl sites for hydroxylation is 2. The quantitative estimate of drug-likeness (QED) is 0.757. The fourth-order valence-corrected chi connectivity index (χ4v) is 4.75. The van der Waals surface area contributed by atoms with Gasteiger partial charge in [-0.2, -0.15) is 9.40 Å². The van der Waals surface area contributed by atoms with Gasteiger partial charge in [-0.05, 0) is 30.4 Å². The SMILES string of the molecule is COC(=O)c1cc(S(=O)(=O)N2CCC(c3cnn(C)c3)CC2)cn1C. The average Bonchev–Trinajstić information content (AvgIpc) is 3.20. The van der Waals surface area contributed by atoms with Gasteiger partial charge in [-0.1, -0.05) is 0 Å². The monoisotopic (exact) mass is 366 g/mol. The molecule has 1 saturated heterocycles. The molecule has 0 radical (unpaired) electrons. The van der Waals surface area contributed by atoms with E-state index in [9.17, 15) is 13.2 Å². The van der Waals surface area contributed by atoms with Crippen molar-refractivity contribution in [1.29, 1.82) is 0 Å². The molecular formula is C16H22N4O4S. The summed E-state index contributed by atoms with van der Waals surface area (Å²) in [6.45, 7) is 0.898. The van der Waals surface area contributed by atoms with Gasteiger partial charge in [-0.3, -0.25) is 4.68 Å². The lowest BCUT2D eigenvalue weighted by Crippen LogP contribution is -2.37. The van der Waals surface area contributed by atoms with E-state index in [0.29, 0.717) is 19.0 Å². The Morgan fingerprint density at radius 3 is 2.48 bits per heavy atom. The van der Waals surface area contributed by atoms with Gasteiger partial charge in [0.25, 0.3) is 0 Å². The molecule has 0 saturated carbocycles. The molecule has 1 aliphatic heterocycles. The molecule has 0 aromatic carbocycles. The largest absolute Gasteiger partial charge is 0.464 e. The number of sulfonamides is 1. The number of rotatable bonds is 4. The molecule has 0 atom stereocenters. The number of esters is 1. The first-order chi connectivity index (χ1) is 11.8. The van der Waals surface area contributed by atoms with Crippen LogP contribution in [0.3, 0.4) is 0 Å². The van der Waals surface area contributed by atoms with Crippen LogP contribution in [-0.2, 0) is 28.9 Å². The second kappa shape index (κ2) is 6.64. The van der Waals surface area contributed by atoms with Gasteiger partial charge in [0.15, 0.2) is 0 Å². The molecule has 0 aliphatic carbocycles. The van der Waals surface area contributed by atoms with Crippen molar-refractivity contribution in [2.24, 2.45) is 14.1 Å². The van der Waals surface area contributed by atoms with Crippen molar-refractivity contribution in [2.75, 3.05) is 20.2 Å². The van der Waals surface area contributed by atoms with Gasteiger partial charge < -0.3 is 9.30 Å². The van der Waals surface area contributed by atoms with Gasteiger partial charge in [0, 0.05) is 39.6 Å². The summed E-state index contributed by atoms with van der Waals surface area (Å²) in [6, 6.07) is 1.37. The van der Waals surface area contributed by atoms with E-state index in [0.717, 1.165) is 18.4 Å². The molecule has 136 valence electrons. The molecule has 1 fully saturated rings. The third-order valence-electron chi connectivity index (χ3n) is 4.66. The van der Waals surface area contributed by atoms with Crippen molar-refractivity contribution in [3.05, 3.63) is 35.9 Å². The highest BCUT2D eigenvalue weighted by molar-refractivity contribution is 7.89. The highest BCUT2D eigenvalue weighted by Crippen LogP contribution is 2.30. The summed E-state index contributed by atoms with van der Waals surface area (Å²) >= 11 is 0. The van der Waals surface area contributed by atoms with Gasteiger partial charge in [-0.15, -0.1) is 0 Å². The van der Waals surface area contributed by atoms with Crippen LogP contribution in [0.15, 0.2) is 29.6 Å². The van der Waals surface area contributed by atoms with Crippen LogP contribution in [0.2, 0.25) is 0 Å². The highest BCUT2D eigenvalue weighted by Gasteiger charge is 2.32. The van der Waals surface area contributed by atoms with Gasteiger partial charge >= 0.3 is 5.97 Å². The van der Waals surface area contributed by atoms with Crippen LogP contribution in [0.25, 0.3) is 0 Å². The third-order valence-corrected chi connectivity index (χ3v) is 6.53. The standard InChI is InChI=1S/C16H22N4O4S/c1-18-11-14(8-15(18)16(21)24-3)25(22,23)20-6-4-12(5-7-20)13-9-17-19(2)10-13/h8-12H,4-7H2,1-3H3. The molecule has 3 rings (SSSR count). The van der Waals surface area contributed by atoms with Crippen LogP contribution >= 0.6 is 0 Å².